The van der Waals surface area contributed by atoms with E-state index >= 15 is 0 Å². The average Bonchev–Trinajstić information content (AvgIpc) is 3.52. The van der Waals surface area contributed by atoms with Gasteiger partial charge in [0.1, 0.15) is 11.5 Å². The van der Waals surface area contributed by atoms with E-state index in [1.165, 1.54) is 29.0 Å². The van der Waals surface area contributed by atoms with Crippen molar-refractivity contribution in [3.05, 3.63) is 103 Å². The van der Waals surface area contributed by atoms with Gasteiger partial charge in [0.25, 0.3) is 0 Å². The summed E-state index contributed by atoms with van der Waals surface area (Å²) in [6, 6.07) is 17.6. The molecule has 0 spiro atoms. The minimum atomic E-state index is -0.575. The van der Waals surface area contributed by atoms with Gasteiger partial charge in [-0.25, -0.2) is 9.07 Å². The quantitative estimate of drug-likeness (QED) is 0.379. The molecule has 0 bridgehead atoms. The molecule has 0 atom stereocenters. The molecule has 9 nitrogen and oxygen atoms in total. The molecule has 5 rings (SSSR count). The highest BCUT2D eigenvalue weighted by Gasteiger charge is 2.13. The lowest BCUT2D eigenvalue weighted by atomic mass is 10.1. The first-order valence-corrected chi connectivity index (χ1v) is 10.7. The van der Waals surface area contributed by atoms with E-state index < -0.39 is 11.7 Å². The van der Waals surface area contributed by atoms with Crippen LogP contribution in [0.25, 0.3) is 28.7 Å². The molecular formula is C25H19FN8O. The number of halogens is 1. The number of tetrazole rings is 1. The number of amides is 1. The molecular weight excluding hydrogens is 447 g/mol. The van der Waals surface area contributed by atoms with Crippen molar-refractivity contribution in [2.24, 2.45) is 0 Å². The lowest BCUT2D eigenvalue weighted by Gasteiger charge is -2.07. The highest BCUT2D eigenvalue weighted by atomic mass is 19.1. The first-order valence-electron chi connectivity index (χ1n) is 10.7. The number of rotatable bonds is 6. The Morgan fingerprint density at radius 2 is 1.91 bits per heavy atom. The zero-order valence-electron chi connectivity index (χ0n) is 18.6. The van der Waals surface area contributed by atoms with Gasteiger partial charge in [-0.2, -0.15) is 9.78 Å². The van der Waals surface area contributed by atoms with E-state index in [4.69, 9.17) is 0 Å². The molecule has 0 saturated carbocycles. The number of benzene rings is 2. The maximum absolute atomic E-state index is 14.4. The zero-order valence-corrected chi connectivity index (χ0v) is 18.6. The van der Waals surface area contributed by atoms with Gasteiger partial charge in [-0.05, 0) is 65.9 Å². The van der Waals surface area contributed by atoms with Crippen LogP contribution in [-0.4, -0.2) is 40.9 Å². The van der Waals surface area contributed by atoms with Crippen molar-refractivity contribution < 1.29 is 9.18 Å². The third-order valence-corrected chi connectivity index (χ3v) is 5.19. The summed E-state index contributed by atoms with van der Waals surface area (Å²) in [5.41, 5.74) is 3.58. The van der Waals surface area contributed by atoms with Gasteiger partial charge in [-0.3, -0.25) is 9.78 Å². The standard InChI is InChI=1S/C25H19FN8O/c1-17-29-31-32-34(17)21-10-11-22(26)23(14-21)28-24(35)12-9-19-16-33(20-7-3-2-4-8-20)30-25(19)18-6-5-13-27-15-18/h2-16H,1H3,(H,28,35)/b12-9+. The molecule has 35 heavy (non-hydrogen) atoms. The smallest absolute Gasteiger partial charge is 0.248 e. The van der Waals surface area contributed by atoms with Crippen molar-refractivity contribution >= 4 is 17.7 Å². The predicted octanol–water partition coefficient (Wildman–Crippen LogP) is 4.01. The Morgan fingerprint density at radius 3 is 2.66 bits per heavy atom. The van der Waals surface area contributed by atoms with Crippen molar-refractivity contribution in [1.82, 2.24) is 35.0 Å². The van der Waals surface area contributed by atoms with Crippen molar-refractivity contribution in [2.45, 2.75) is 6.92 Å². The molecule has 0 aliphatic heterocycles. The van der Waals surface area contributed by atoms with Gasteiger partial charge in [0.05, 0.1) is 17.1 Å². The summed E-state index contributed by atoms with van der Waals surface area (Å²) in [6.45, 7) is 1.72. The molecule has 0 aliphatic carbocycles. The number of hydrogen-bond donors (Lipinski definition) is 1. The highest BCUT2D eigenvalue weighted by Crippen LogP contribution is 2.24. The van der Waals surface area contributed by atoms with Crippen LogP contribution in [0.5, 0.6) is 0 Å². The lowest BCUT2D eigenvalue weighted by molar-refractivity contribution is -0.111. The molecule has 10 heteroatoms. The maximum atomic E-state index is 14.4. The second kappa shape index (κ2) is 9.48. The zero-order chi connectivity index (χ0) is 24.2. The van der Waals surface area contributed by atoms with E-state index in [0.29, 0.717) is 22.8 Å². The average molecular weight is 466 g/mol. The molecule has 3 heterocycles. The topological polar surface area (TPSA) is 103 Å². The fraction of sp³-hybridized carbons (Fsp3) is 0.0400. The Kier molecular flexibility index (Phi) is 5.91. The van der Waals surface area contributed by atoms with E-state index in [1.54, 1.807) is 30.1 Å². The molecule has 172 valence electrons. The third-order valence-electron chi connectivity index (χ3n) is 5.19. The predicted molar refractivity (Wildman–Crippen MR) is 128 cm³/mol. The van der Waals surface area contributed by atoms with Gasteiger partial charge in [0.15, 0.2) is 5.82 Å². The highest BCUT2D eigenvalue weighted by molar-refractivity contribution is 6.02. The number of anilines is 1. The van der Waals surface area contributed by atoms with E-state index in [9.17, 15) is 9.18 Å². The number of nitrogens with one attached hydrogen (secondary N) is 1. The van der Waals surface area contributed by atoms with Gasteiger partial charge in [-0.15, -0.1) is 5.10 Å². The Bertz CT molecular complexity index is 1510. The van der Waals surface area contributed by atoms with Crippen LogP contribution in [0.4, 0.5) is 10.1 Å². The van der Waals surface area contributed by atoms with Gasteiger partial charge in [-0.1, -0.05) is 18.2 Å². The van der Waals surface area contributed by atoms with E-state index in [0.717, 1.165) is 11.3 Å². The van der Waals surface area contributed by atoms with Crippen LogP contribution in [0.1, 0.15) is 11.4 Å². The molecule has 1 N–H and O–H groups in total. The Balaban J connectivity index is 1.42. The van der Waals surface area contributed by atoms with Crippen LogP contribution in [-0.2, 0) is 4.79 Å². The molecule has 3 aromatic heterocycles. The number of aryl methyl sites for hydroxylation is 1. The summed E-state index contributed by atoms with van der Waals surface area (Å²) < 4.78 is 17.6. The number of nitrogens with zero attached hydrogens (tertiary/aromatic N) is 7. The molecule has 0 radical (unpaired) electrons. The first kappa shape index (κ1) is 21.8. The minimum Gasteiger partial charge on any atom is -0.320 e. The molecule has 1 amide bonds. The number of pyridine rings is 1. The van der Waals surface area contributed by atoms with Crippen LogP contribution in [0.3, 0.4) is 0 Å². The number of carbonyl (C=O) groups excluding carboxylic acids is 1. The van der Waals surface area contributed by atoms with E-state index in [2.05, 4.69) is 30.9 Å². The second-order valence-corrected chi connectivity index (χ2v) is 7.58. The normalized spacial score (nSPS) is 11.1. The second-order valence-electron chi connectivity index (χ2n) is 7.58. The maximum Gasteiger partial charge on any atom is 0.248 e. The number of hydrogen-bond acceptors (Lipinski definition) is 6. The lowest BCUT2D eigenvalue weighted by Crippen LogP contribution is -2.10. The van der Waals surface area contributed by atoms with Crippen LogP contribution >= 0.6 is 0 Å². The Labute approximate surface area is 199 Å². The molecule has 2 aromatic carbocycles. The summed E-state index contributed by atoms with van der Waals surface area (Å²) in [5.74, 6) is -0.541. The number of aromatic nitrogens is 7. The largest absolute Gasteiger partial charge is 0.320 e. The van der Waals surface area contributed by atoms with Crippen LogP contribution in [0.15, 0.2) is 85.3 Å². The van der Waals surface area contributed by atoms with Gasteiger partial charge in [0, 0.05) is 35.8 Å². The van der Waals surface area contributed by atoms with Crippen molar-refractivity contribution in [1.29, 1.82) is 0 Å². The van der Waals surface area contributed by atoms with Crippen molar-refractivity contribution in [2.75, 3.05) is 5.32 Å². The van der Waals surface area contributed by atoms with Crippen molar-refractivity contribution in [3.63, 3.8) is 0 Å². The van der Waals surface area contributed by atoms with E-state index in [-0.39, 0.29) is 5.69 Å². The Morgan fingerprint density at radius 1 is 1.06 bits per heavy atom. The van der Waals surface area contributed by atoms with Gasteiger partial charge in [0.2, 0.25) is 5.91 Å². The number of carbonyl (C=O) groups is 1. The number of para-hydroxylation sites is 1. The summed E-state index contributed by atoms with van der Waals surface area (Å²) in [5, 5.41) is 18.5. The fourth-order valence-corrected chi connectivity index (χ4v) is 3.50. The minimum absolute atomic E-state index is 0.0134. The fourth-order valence-electron chi connectivity index (χ4n) is 3.50. The van der Waals surface area contributed by atoms with E-state index in [1.807, 2.05) is 48.7 Å². The third kappa shape index (κ3) is 4.71. The molecule has 0 fully saturated rings. The first-order chi connectivity index (χ1) is 17.1. The van der Waals surface area contributed by atoms with Gasteiger partial charge < -0.3 is 5.32 Å². The monoisotopic (exact) mass is 466 g/mol. The van der Waals surface area contributed by atoms with Crippen molar-refractivity contribution in [3.8, 4) is 22.6 Å². The SMILES string of the molecule is Cc1nnnn1-c1ccc(F)c(NC(=O)/C=C/c2cn(-c3ccccc3)nc2-c2cccnc2)c1. The molecule has 0 saturated heterocycles. The molecule has 0 aliphatic rings. The molecule has 5 aromatic rings. The van der Waals surface area contributed by atoms with Crippen LogP contribution < -0.4 is 5.32 Å². The van der Waals surface area contributed by atoms with Crippen LogP contribution in [0.2, 0.25) is 0 Å². The summed E-state index contributed by atoms with van der Waals surface area (Å²) in [7, 11) is 0. The molecule has 0 unspecified atom stereocenters. The summed E-state index contributed by atoms with van der Waals surface area (Å²) in [6.07, 6.45) is 8.18. The Hall–Kier alpha value is -4.99. The summed E-state index contributed by atoms with van der Waals surface area (Å²) in [4.78, 5) is 16.8. The van der Waals surface area contributed by atoms with Gasteiger partial charge >= 0.3 is 0 Å². The summed E-state index contributed by atoms with van der Waals surface area (Å²) >= 11 is 0. The van der Waals surface area contributed by atoms with Crippen LogP contribution in [0, 0.1) is 12.7 Å².